The Morgan fingerprint density at radius 1 is 1.53 bits per heavy atom. The van der Waals surface area contributed by atoms with Gasteiger partial charge in [0.15, 0.2) is 0 Å². The summed E-state index contributed by atoms with van der Waals surface area (Å²) < 4.78 is 6.74. The Morgan fingerprint density at radius 3 is 2.94 bits per heavy atom. The van der Waals surface area contributed by atoms with E-state index in [4.69, 9.17) is 10.5 Å². The fourth-order valence-corrected chi connectivity index (χ4v) is 2.13. The smallest absolute Gasteiger partial charge is 0.340 e. The Hall–Kier alpha value is -2.04. The highest BCUT2D eigenvalue weighted by molar-refractivity contribution is 6.02. The highest BCUT2D eigenvalue weighted by atomic mass is 16.5. The fraction of sp³-hybridized carbons (Fsp3) is 0.333. The molecule has 1 aromatic carbocycles. The summed E-state index contributed by atoms with van der Waals surface area (Å²) in [5.74, 6) is 0.0925. The number of nitrogens with zero attached hydrogens (tertiary/aromatic N) is 2. The molecule has 1 saturated carbocycles. The Bertz CT molecular complexity index is 599. The van der Waals surface area contributed by atoms with Crippen molar-refractivity contribution in [1.29, 1.82) is 0 Å². The van der Waals surface area contributed by atoms with Crippen molar-refractivity contribution in [2.75, 3.05) is 12.8 Å². The van der Waals surface area contributed by atoms with E-state index in [2.05, 4.69) is 4.98 Å². The standard InChI is InChI=1S/C12H13N3O2/c1-17-11(16)8-3-2-4-9-10(8)14-12(13)15(9)7-5-6-7/h2-4,7H,5-6H2,1H3,(H2,13,14). The molecule has 1 aliphatic rings. The molecule has 5 heteroatoms. The summed E-state index contributed by atoms with van der Waals surface area (Å²) in [5, 5.41) is 0. The van der Waals surface area contributed by atoms with Crippen LogP contribution >= 0.6 is 0 Å². The van der Waals surface area contributed by atoms with Gasteiger partial charge in [-0.25, -0.2) is 9.78 Å². The maximum absolute atomic E-state index is 11.6. The van der Waals surface area contributed by atoms with Crippen LogP contribution in [0, 0.1) is 0 Å². The quantitative estimate of drug-likeness (QED) is 0.799. The zero-order valence-electron chi connectivity index (χ0n) is 9.51. The molecule has 1 aliphatic carbocycles. The van der Waals surface area contributed by atoms with Crippen molar-refractivity contribution in [2.45, 2.75) is 18.9 Å². The molecule has 0 amide bonds. The number of nitrogen functional groups attached to an aromatic ring is 1. The van der Waals surface area contributed by atoms with Crippen LogP contribution in [-0.4, -0.2) is 22.6 Å². The summed E-state index contributed by atoms with van der Waals surface area (Å²) in [6.45, 7) is 0. The number of benzene rings is 1. The lowest BCUT2D eigenvalue weighted by atomic mass is 10.2. The second kappa shape index (κ2) is 3.48. The average Bonchev–Trinajstić information content (AvgIpc) is 3.10. The molecule has 5 nitrogen and oxygen atoms in total. The number of hydrogen-bond donors (Lipinski definition) is 1. The van der Waals surface area contributed by atoms with Crippen LogP contribution in [0.15, 0.2) is 18.2 Å². The van der Waals surface area contributed by atoms with Crippen molar-refractivity contribution in [3.05, 3.63) is 23.8 Å². The predicted octanol–water partition coefficient (Wildman–Crippen LogP) is 1.74. The number of imidazole rings is 1. The van der Waals surface area contributed by atoms with Crippen LogP contribution in [0.2, 0.25) is 0 Å². The number of para-hydroxylation sites is 1. The molecule has 0 unspecified atom stereocenters. The lowest BCUT2D eigenvalue weighted by Gasteiger charge is -2.03. The lowest BCUT2D eigenvalue weighted by molar-refractivity contribution is 0.0603. The Morgan fingerprint density at radius 2 is 2.29 bits per heavy atom. The number of nitrogens with two attached hydrogens (primary N) is 1. The van der Waals surface area contributed by atoms with Gasteiger partial charge >= 0.3 is 5.97 Å². The molecule has 0 saturated heterocycles. The van der Waals surface area contributed by atoms with E-state index in [0.717, 1.165) is 18.4 Å². The molecule has 2 aromatic rings. The van der Waals surface area contributed by atoms with Crippen molar-refractivity contribution in [3.8, 4) is 0 Å². The van der Waals surface area contributed by atoms with E-state index in [0.29, 0.717) is 23.1 Å². The van der Waals surface area contributed by atoms with Crippen LogP contribution in [0.3, 0.4) is 0 Å². The van der Waals surface area contributed by atoms with Gasteiger partial charge in [0.25, 0.3) is 0 Å². The number of aromatic nitrogens is 2. The van der Waals surface area contributed by atoms with Gasteiger partial charge < -0.3 is 15.0 Å². The van der Waals surface area contributed by atoms with Crippen molar-refractivity contribution >= 4 is 23.0 Å². The van der Waals surface area contributed by atoms with Gasteiger partial charge in [-0.15, -0.1) is 0 Å². The van der Waals surface area contributed by atoms with E-state index in [1.165, 1.54) is 7.11 Å². The molecule has 0 aliphatic heterocycles. The molecule has 0 radical (unpaired) electrons. The van der Waals surface area contributed by atoms with Crippen molar-refractivity contribution in [3.63, 3.8) is 0 Å². The third-order valence-corrected chi connectivity index (χ3v) is 3.06. The molecule has 0 spiro atoms. The van der Waals surface area contributed by atoms with E-state index in [-0.39, 0.29) is 5.97 Å². The van der Waals surface area contributed by atoms with Gasteiger partial charge in [-0.05, 0) is 25.0 Å². The Kier molecular flexibility index (Phi) is 2.07. The van der Waals surface area contributed by atoms with Crippen LogP contribution in [0.25, 0.3) is 11.0 Å². The van der Waals surface area contributed by atoms with Crippen molar-refractivity contribution < 1.29 is 9.53 Å². The molecule has 1 fully saturated rings. The molecule has 0 bridgehead atoms. The van der Waals surface area contributed by atoms with Gasteiger partial charge in [0.05, 0.1) is 18.2 Å². The summed E-state index contributed by atoms with van der Waals surface area (Å²) in [7, 11) is 1.36. The maximum Gasteiger partial charge on any atom is 0.340 e. The summed E-state index contributed by atoms with van der Waals surface area (Å²) >= 11 is 0. The van der Waals surface area contributed by atoms with E-state index < -0.39 is 0 Å². The molecule has 17 heavy (non-hydrogen) atoms. The largest absolute Gasteiger partial charge is 0.465 e. The number of esters is 1. The zero-order valence-corrected chi connectivity index (χ0v) is 9.51. The molecule has 0 atom stereocenters. The Balaban J connectivity index is 2.26. The summed E-state index contributed by atoms with van der Waals surface area (Å²) in [5.41, 5.74) is 7.91. The number of methoxy groups -OCH3 is 1. The third-order valence-electron chi connectivity index (χ3n) is 3.06. The molecule has 3 rings (SSSR count). The van der Waals surface area contributed by atoms with Gasteiger partial charge in [0.1, 0.15) is 5.52 Å². The van der Waals surface area contributed by atoms with Crippen molar-refractivity contribution in [1.82, 2.24) is 9.55 Å². The number of anilines is 1. The number of fused-ring (bicyclic) bond motifs is 1. The first kappa shape index (κ1) is 10.1. The predicted molar refractivity (Wildman–Crippen MR) is 63.8 cm³/mol. The summed E-state index contributed by atoms with van der Waals surface area (Å²) in [6.07, 6.45) is 2.25. The van der Waals surface area contributed by atoms with Crippen LogP contribution < -0.4 is 5.73 Å². The summed E-state index contributed by atoms with van der Waals surface area (Å²) in [6, 6.07) is 5.91. The van der Waals surface area contributed by atoms with Crippen molar-refractivity contribution in [2.24, 2.45) is 0 Å². The van der Waals surface area contributed by atoms with Crippen LogP contribution in [0.4, 0.5) is 5.95 Å². The molecule has 1 heterocycles. The van der Waals surface area contributed by atoms with Gasteiger partial charge in [-0.2, -0.15) is 0 Å². The Labute approximate surface area is 98.2 Å². The number of carbonyl (C=O) groups excluding carboxylic acids is 1. The van der Waals surface area contributed by atoms with E-state index in [1.807, 2.05) is 16.7 Å². The minimum absolute atomic E-state index is 0.379. The molecular formula is C12H13N3O2. The van der Waals surface area contributed by atoms with E-state index in [1.54, 1.807) is 6.07 Å². The van der Waals surface area contributed by atoms with Gasteiger partial charge in [-0.1, -0.05) is 6.07 Å². The van der Waals surface area contributed by atoms with Gasteiger partial charge in [0, 0.05) is 6.04 Å². The molecule has 88 valence electrons. The highest BCUT2D eigenvalue weighted by Crippen LogP contribution is 2.39. The topological polar surface area (TPSA) is 70.1 Å². The molecule has 1 aromatic heterocycles. The van der Waals surface area contributed by atoms with Crippen LogP contribution in [0.1, 0.15) is 29.2 Å². The number of ether oxygens (including phenoxy) is 1. The summed E-state index contributed by atoms with van der Waals surface area (Å²) in [4.78, 5) is 15.9. The zero-order chi connectivity index (χ0) is 12.0. The first-order chi connectivity index (χ1) is 8.22. The normalized spacial score (nSPS) is 15.1. The minimum Gasteiger partial charge on any atom is -0.465 e. The van der Waals surface area contributed by atoms with Gasteiger partial charge in [-0.3, -0.25) is 0 Å². The SMILES string of the molecule is COC(=O)c1cccc2c1nc(N)n2C1CC1. The monoisotopic (exact) mass is 231 g/mol. The second-order valence-electron chi connectivity index (χ2n) is 4.24. The third kappa shape index (κ3) is 1.46. The van der Waals surface area contributed by atoms with Crippen LogP contribution in [0.5, 0.6) is 0 Å². The first-order valence-electron chi connectivity index (χ1n) is 5.57. The maximum atomic E-state index is 11.6. The molecular weight excluding hydrogens is 218 g/mol. The fourth-order valence-electron chi connectivity index (χ4n) is 2.13. The molecule has 2 N–H and O–H groups in total. The number of rotatable bonds is 2. The van der Waals surface area contributed by atoms with E-state index >= 15 is 0 Å². The van der Waals surface area contributed by atoms with Crippen LogP contribution in [-0.2, 0) is 4.74 Å². The highest BCUT2D eigenvalue weighted by Gasteiger charge is 2.28. The first-order valence-corrected chi connectivity index (χ1v) is 5.57. The van der Waals surface area contributed by atoms with Gasteiger partial charge in [0.2, 0.25) is 5.95 Å². The average molecular weight is 231 g/mol. The van der Waals surface area contributed by atoms with E-state index in [9.17, 15) is 4.79 Å². The number of hydrogen-bond acceptors (Lipinski definition) is 4. The number of carbonyl (C=O) groups is 1. The second-order valence-corrected chi connectivity index (χ2v) is 4.24. The minimum atomic E-state index is -0.379. The lowest BCUT2D eigenvalue weighted by Crippen LogP contribution is -2.02.